The van der Waals surface area contributed by atoms with Gasteiger partial charge in [0.25, 0.3) is 0 Å². The normalized spacial score (nSPS) is 14.6. The first-order chi connectivity index (χ1) is 18.1. The fourth-order valence-corrected chi connectivity index (χ4v) is 4.84. The van der Waals surface area contributed by atoms with Crippen molar-refractivity contribution in [3.05, 3.63) is 60.3 Å². The number of piperazine rings is 1. The van der Waals surface area contributed by atoms with E-state index in [0.29, 0.717) is 22.7 Å². The Bertz CT molecular complexity index is 1590. The van der Waals surface area contributed by atoms with Crippen molar-refractivity contribution in [2.45, 2.75) is 0 Å². The quantitative estimate of drug-likeness (QED) is 0.323. The first-order valence-corrected chi connectivity index (χ1v) is 13.8. The summed E-state index contributed by atoms with van der Waals surface area (Å²) in [7, 11) is -0.0842. The first kappa shape index (κ1) is 25.7. The van der Waals surface area contributed by atoms with Crippen molar-refractivity contribution in [3.8, 4) is 0 Å². The maximum absolute atomic E-state index is 15.0. The first-order valence-electron chi connectivity index (χ1n) is 11.9. The molecule has 1 saturated heterocycles. The molecule has 0 saturated carbocycles. The van der Waals surface area contributed by atoms with Crippen molar-refractivity contribution in [2.75, 3.05) is 66.4 Å². The number of nitrogens with one attached hydrogen (secondary N) is 3. The second-order valence-electron chi connectivity index (χ2n) is 9.21. The third-order valence-electron chi connectivity index (χ3n) is 6.53. The zero-order chi connectivity index (χ0) is 27.0. The van der Waals surface area contributed by atoms with Gasteiger partial charge in [-0.25, -0.2) is 17.2 Å². The van der Waals surface area contributed by atoms with E-state index in [9.17, 15) is 12.8 Å². The lowest BCUT2D eigenvalue weighted by atomic mass is 10.2. The number of H-pyrrole nitrogens is 1. The fourth-order valence-electron chi connectivity index (χ4n) is 4.32. The summed E-state index contributed by atoms with van der Waals surface area (Å²) in [4.78, 5) is 15.8. The molecule has 0 spiro atoms. The molecule has 2 aromatic heterocycles. The zero-order valence-electron chi connectivity index (χ0n) is 21.2. The number of sulfonamides is 1. The predicted octanol–water partition coefficient (Wildman–Crippen LogP) is 3.87. The van der Waals surface area contributed by atoms with Gasteiger partial charge in [-0.15, -0.1) is 0 Å². The van der Waals surface area contributed by atoms with Crippen molar-refractivity contribution in [3.63, 3.8) is 0 Å². The van der Waals surface area contributed by atoms with Crippen LogP contribution in [0.15, 0.2) is 48.7 Å². The van der Waals surface area contributed by atoms with Crippen LogP contribution < -0.4 is 19.8 Å². The summed E-state index contributed by atoms with van der Waals surface area (Å²) in [5, 5.41) is 6.14. The highest BCUT2D eigenvalue weighted by Gasteiger charge is 2.20. The molecule has 0 aliphatic carbocycles. The molecule has 0 bridgehead atoms. The van der Waals surface area contributed by atoms with E-state index >= 15 is 4.39 Å². The number of likely N-dealkylation sites (N-methyl/N-ethyl adjacent to an activating group) is 1. The molecule has 13 heteroatoms. The number of fused-ring (bicyclic) bond motifs is 1. The monoisotopic (exact) mass is 542 g/mol. The Morgan fingerprint density at radius 2 is 1.74 bits per heavy atom. The lowest BCUT2D eigenvalue weighted by Crippen LogP contribution is -2.44. The van der Waals surface area contributed by atoms with Crippen molar-refractivity contribution < 1.29 is 17.2 Å². The summed E-state index contributed by atoms with van der Waals surface area (Å²) in [6, 6.07) is 11.5. The summed E-state index contributed by atoms with van der Waals surface area (Å²) in [5.74, 6) is -0.740. The van der Waals surface area contributed by atoms with E-state index in [4.69, 9.17) is 0 Å². The van der Waals surface area contributed by atoms with Gasteiger partial charge in [-0.2, -0.15) is 9.97 Å². The highest BCUT2D eigenvalue weighted by atomic mass is 32.2. The van der Waals surface area contributed by atoms with Crippen LogP contribution in [-0.2, 0) is 10.0 Å². The van der Waals surface area contributed by atoms with Crippen LogP contribution in [0.25, 0.3) is 11.0 Å². The van der Waals surface area contributed by atoms with E-state index in [1.807, 2.05) is 11.9 Å². The molecule has 1 fully saturated rings. The second kappa shape index (κ2) is 10.1. The van der Waals surface area contributed by atoms with E-state index in [1.165, 1.54) is 13.1 Å². The van der Waals surface area contributed by atoms with Crippen molar-refractivity contribution >= 4 is 55.6 Å². The van der Waals surface area contributed by atoms with Gasteiger partial charge in [0.15, 0.2) is 5.82 Å². The van der Waals surface area contributed by atoms with E-state index in [2.05, 4.69) is 30.5 Å². The average Bonchev–Trinajstić information content (AvgIpc) is 3.25. The number of benzene rings is 2. The molecule has 10 nitrogen and oxygen atoms in total. The molecule has 2 aromatic carbocycles. The van der Waals surface area contributed by atoms with E-state index in [0.717, 1.165) is 42.9 Å². The number of para-hydroxylation sites is 2. The van der Waals surface area contributed by atoms with Gasteiger partial charge in [0.05, 0.1) is 28.7 Å². The maximum Gasteiger partial charge on any atom is 0.232 e. The molecule has 0 amide bonds. The smallest absolute Gasteiger partial charge is 0.232 e. The number of rotatable bonds is 7. The Morgan fingerprint density at radius 1 is 1.00 bits per heavy atom. The molecule has 0 unspecified atom stereocenters. The number of hydrogen-bond donors (Lipinski definition) is 3. The Labute approximate surface area is 219 Å². The highest BCUT2D eigenvalue weighted by Crippen LogP contribution is 2.33. The van der Waals surface area contributed by atoms with Gasteiger partial charge in [-0.3, -0.25) is 4.31 Å². The predicted molar refractivity (Wildman–Crippen MR) is 146 cm³/mol. The lowest BCUT2D eigenvalue weighted by Gasteiger charge is -2.34. The number of anilines is 6. The fraction of sp³-hybridized carbons (Fsp3) is 0.280. The van der Waals surface area contributed by atoms with Gasteiger partial charge in [-0.05, 0) is 37.4 Å². The molecule has 200 valence electrons. The molecule has 38 heavy (non-hydrogen) atoms. The molecule has 4 aromatic rings. The molecule has 1 aliphatic rings. The summed E-state index contributed by atoms with van der Waals surface area (Å²) < 4.78 is 55.1. The molecular formula is C25H28F2N8O2S. The van der Waals surface area contributed by atoms with Gasteiger partial charge < -0.3 is 25.4 Å². The van der Waals surface area contributed by atoms with Crippen LogP contribution in [-0.4, -0.2) is 74.8 Å². The minimum atomic E-state index is -3.55. The number of halogens is 2. The topological polar surface area (TPSA) is 109 Å². The van der Waals surface area contributed by atoms with Crippen LogP contribution in [0, 0.1) is 11.6 Å². The minimum Gasteiger partial charge on any atom is -0.367 e. The molecule has 0 atom stereocenters. The summed E-state index contributed by atoms with van der Waals surface area (Å²) in [6.07, 6.45) is 2.25. The van der Waals surface area contributed by atoms with Crippen LogP contribution in [0.3, 0.4) is 0 Å². The minimum absolute atomic E-state index is 0.0996. The maximum atomic E-state index is 15.0. The molecular weight excluding hydrogens is 514 g/mol. The van der Waals surface area contributed by atoms with E-state index in [-0.39, 0.29) is 28.6 Å². The molecule has 1 aliphatic heterocycles. The Kier molecular flexibility index (Phi) is 6.80. The summed E-state index contributed by atoms with van der Waals surface area (Å²) >= 11 is 0. The van der Waals surface area contributed by atoms with Crippen molar-refractivity contribution in [1.29, 1.82) is 0 Å². The number of aromatic amines is 1. The third-order valence-corrected chi connectivity index (χ3v) is 7.72. The average molecular weight is 543 g/mol. The Hall–Kier alpha value is -3.97. The standard InChI is InChI=1S/C25H28F2N8O2S/c1-33-10-12-35(13-11-33)20-9-8-16(14-17(20)26)29-25-31-23-22(18(27)15-28-23)24(32-25)30-19-6-4-5-7-21(19)34(2)38(3,36)37/h4-9,14-15H,10-13H2,1-3H3,(H3,28,29,30,31,32). The van der Waals surface area contributed by atoms with Crippen LogP contribution in [0.4, 0.5) is 43.3 Å². The number of aromatic nitrogens is 3. The number of hydrogen-bond acceptors (Lipinski definition) is 8. The van der Waals surface area contributed by atoms with Gasteiger partial charge in [0.2, 0.25) is 16.0 Å². The van der Waals surface area contributed by atoms with Gasteiger partial charge in [0, 0.05) is 45.1 Å². The largest absolute Gasteiger partial charge is 0.367 e. The third kappa shape index (κ3) is 5.20. The van der Waals surface area contributed by atoms with Crippen molar-refractivity contribution in [2.24, 2.45) is 0 Å². The second-order valence-corrected chi connectivity index (χ2v) is 11.2. The Balaban J connectivity index is 1.46. The number of nitrogens with zero attached hydrogens (tertiary/aromatic N) is 5. The van der Waals surface area contributed by atoms with Crippen LogP contribution in [0.5, 0.6) is 0 Å². The summed E-state index contributed by atoms with van der Waals surface area (Å²) in [5.41, 5.74) is 1.92. The molecule has 3 N–H and O–H groups in total. The SMILES string of the molecule is CN1CCN(c2ccc(Nc3nc(Nc4ccccc4N(C)S(C)(=O)=O)c4c(F)c[nH]c4n3)cc2F)CC1. The zero-order valence-corrected chi connectivity index (χ0v) is 22.0. The van der Waals surface area contributed by atoms with E-state index in [1.54, 1.807) is 36.4 Å². The van der Waals surface area contributed by atoms with Gasteiger partial charge in [-0.1, -0.05) is 12.1 Å². The van der Waals surface area contributed by atoms with Crippen LogP contribution in [0.1, 0.15) is 0 Å². The van der Waals surface area contributed by atoms with Crippen LogP contribution >= 0.6 is 0 Å². The Morgan fingerprint density at radius 3 is 2.45 bits per heavy atom. The van der Waals surface area contributed by atoms with E-state index < -0.39 is 15.8 Å². The van der Waals surface area contributed by atoms with Gasteiger partial charge >= 0.3 is 0 Å². The van der Waals surface area contributed by atoms with Crippen LogP contribution in [0.2, 0.25) is 0 Å². The molecule has 3 heterocycles. The molecule has 0 radical (unpaired) electrons. The summed E-state index contributed by atoms with van der Waals surface area (Å²) in [6.45, 7) is 3.20. The van der Waals surface area contributed by atoms with Crippen molar-refractivity contribution in [1.82, 2.24) is 19.9 Å². The van der Waals surface area contributed by atoms with Gasteiger partial charge in [0.1, 0.15) is 17.3 Å². The highest BCUT2D eigenvalue weighted by molar-refractivity contribution is 7.92. The lowest BCUT2D eigenvalue weighted by molar-refractivity contribution is 0.311. The molecule has 5 rings (SSSR count).